The van der Waals surface area contributed by atoms with E-state index in [9.17, 15) is 18.0 Å². The molecule has 0 heterocycles. The third kappa shape index (κ3) is 3.96. The first kappa shape index (κ1) is 16.5. The van der Waals surface area contributed by atoms with Gasteiger partial charge in [-0.05, 0) is 30.4 Å². The normalized spacial score (nSPS) is 14.8. The molecule has 0 aromatic heterocycles. The lowest BCUT2D eigenvalue weighted by Crippen LogP contribution is -2.26. The van der Waals surface area contributed by atoms with Crippen molar-refractivity contribution in [3.05, 3.63) is 35.4 Å². The van der Waals surface area contributed by atoms with Crippen LogP contribution in [0.4, 0.5) is 13.2 Å². The van der Waals surface area contributed by atoms with Crippen molar-refractivity contribution in [1.82, 2.24) is 0 Å². The first-order chi connectivity index (χ1) is 9.31. The van der Waals surface area contributed by atoms with E-state index in [1.807, 2.05) is 0 Å². The van der Waals surface area contributed by atoms with Gasteiger partial charge >= 0.3 is 12.1 Å². The van der Waals surface area contributed by atoms with Gasteiger partial charge in [-0.25, -0.2) is 0 Å². The third-order valence-corrected chi connectivity index (χ3v) is 3.40. The number of hydrogen-bond donors (Lipinski definition) is 2. The predicted octanol–water partition coefficient (Wildman–Crippen LogP) is 3.25. The van der Waals surface area contributed by atoms with Gasteiger partial charge in [0, 0.05) is 6.54 Å². The van der Waals surface area contributed by atoms with Gasteiger partial charge < -0.3 is 10.8 Å². The van der Waals surface area contributed by atoms with Gasteiger partial charge in [0.15, 0.2) is 0 Å². The van der Waals surface area contributed by atoms with Crippen molar-refractivity contribution in [2.75, 3.05) is 6.54 Å². The summed E-state index contributed by atoms with van der Waals surface area (Å²) in [6.45, 7) is 1.66. The van der Waals surface area contributed by atoms with Crippen molar-refractivity contribution in [2.45, 2.75) is 31.9 Å². The Hall–Kier alpha value is -1.56. The molecule has 2 unspecified atom stereocenters. The lowest BCUT2D eigenvalue weighted by Gasteiger charge is -2.23. The Labute approximate surface area is 115 Å². The van der Waals surface area contributed by atoms with E-state index in [-0.39, 0.29) is 18.5 Å². The fraction of sp³-hybridized carbons (Fsp3) is 0.500. The van der Waals surface area contributed by atoms with Crippen LogP contribution in [0.3, 0.4) is 0 Å². The molecule has 0 bridgehead atoms. The molecule has 20 heavy (non-hydrogen) atoms. The van der Waals surface area contributed by atoms with Gasteiger partial charge in [-0.15, -0.1) is 0 Å². The fourth-order valence-electron chi connectivity index (χ4n) is 2.27. The van der Waals surface area contributed by atoms with Crippen LogP contribution in [0.15, 0.2) is 24.3 Å². The molecule has 1 rings (SSSR count). The van der Waals surface area contributed by atoms with Gasteiger partial charge in [-0.3, -0.25) is 4.79 Å². The number of carboxylic acids is 1. The van der Waals surface area contributed by atoms with Crippen LogP contribution in [0, 0.1) is 5.92 Å². The largest absolute Gasteiger partial charge is 0.481 e. The minimum atomic E-state index is -4.44. The van der Waals surface area contributed by atoms with Gasteiger partial charge in [0.05, 0.1) is 11.5 Å². The monoisotopic (exact) mass is 289 g/mol. The summed E-state index contributed by atoms with van der Waals surface area (Å²) in [5, 5.41) is 8.99. The smallest absolute Gasteiger partial charge is 0.416 e. The molecule has 1 aromatic carbocycles. The molecule has 3 nitrogen and oxygen atoms in total. The maximum atomic E-state index is 13.0. The second-order valence-electron chi connectivity index (χ2n) is 4.70. The van der Waals surface area contributed by atoms with Crippen molar-refractivity contribution in [1.29, 1.82) is 0 Å². The molecule has 0 aliphatic carbocycles. The summed E-state index contributed by atoms with van der Waals surface area (Å²) < 4.78 is 38.9. The molecule has 1 aromatic rings. The molecule has 0 aliphatic rings. The molecule has 112 valence electrons. The number of hydrogen-bond acceptors (Lipinski definition) is 2. The highest BCUT2D eigenvalue weighted by Gasteiger charge is 2.35. The van der Waals surface area contributed by atoms with Crippen molar-refractivity contribution >= 4 is 5.97 Å². The molecule has 0 fully saturated rings. The second kappa shape index (κ2) is 6.74. The fourth-order valence-corrected chi connectivity index (χ4v) is 2.27. The van der Waals surface area contributed by atoms with E-state index in [1.54, 1.807) is 6.92 Å². The molecular weight excluding hydrogens is 271 g/mol. The number of nitrogens with two attached hydrogens (primary N) is 1. The van der Waals surface area contributed by atoms with E-state index in [4.69, 9.17) is 10.8 Å². The van der Waals surface area contributed by atoms with Crippen LogP contribution in [0.2, 0.25) is 0 Å². The molecule has 6 heteroatoms. The van der Waals surface area contributed by atoms with Crippen molar-refractivity contribution in [3.8, 4) is 0 Å². The maximum absolute atomic E-state index is 13.0. The highest BCUT2D eigenvalue weighted by molar-refractivity contribution is 5.70. The Balaban J connectivity index is 3.10. The van der Waals surface area contributed by atoms with E-state index in [2.05, 4.69) is 0 Å². The zero-order valence-electron chi connectivity index (χ0n) is 11.2. The molecule has 3 N–H and O–H groups in total. The van der Waals surface area contributed by atoms with Crippen molar-refractivity contribution in [3.63, 3.8) is 0 Å². The van der Waals surface area contributed by atoms with E-state index in [0.29, 0.717) is 6.42 Å². The van der Waals surface area contributed by atoms with Crippen LogP contribution in [-0.2, 0) is 11.0 Å². The summed E-state index contributed by atoms with van der Waals surface area (Å²) in [4.78, 5) is 11.0. The molecule has 0 radical (unpaired) electrons. The summed E-state index contributed by atoms with van der Waals surface area (Å²) in [6.07, 6.45) is -3.91. The van der Waals surface area contributed by atoms with Crippen LogP contribution in [0.1, 0.15) is 36.8 Å². The highest BCUT2D eigenvalue weighted by Crippen LogP contribution is 2.38. The van der Waals surface area contributed by atoms with E-state index >= 15 is 0 Å². The quantitative estimate of drug-likeness (QED) is 0.845. The minimum absolute atomic E-state index is 0.0833. The number of carboxylic acid groups (broad SMARTS) is 1. The second-order valence-corrected chi connectivity index (χ2v) is 4.70. The first-order valence-corrected chi connectivity index (χ1v) is 6.40. The number of rotatable bonds is 6. The zero-order valence-corrected chi connectivity index (χ0v) is 11.2. The summed E-state index contributed by atoms with van der Waals surface area (Å²) in [7, 11) is 0. The predicted molar refractivity (Wildman–Crippen MR) is 69.3 cm³/mol. The maximum Gasteiger partial charge on any atom is 0.416 e. The van der Waals surface area contributed by atoms with Gasteiger partial charge in [0.1, 0.15) is 0 Å². The number of aliphatic carboxylic acids is 1. The number of alkyl halides is 3. The van der Waals surface area contributed by atoms with Gasteiger partial charge in [-0.2, -0.15) is 13.2 Å². The Bertz CT molecular complexity index is 460. The molecule has 2 atom stereocenters. The Morgan fingerprint density at radius 1 is 1.35 bits per heavy atom. The first-order valence-electron chi connectivity index (χ1n) is 6.40. The van der Waals surface area contributed by atoms with Crippen LogP contribution in [0.25, 0.3) is 0 Å². The number of halogens is 3. The Kier molecular flexibility index (Phi) is 5.56. The van der Waals surface area contributed by atoms with Crippen LogP contribution in [-0.4, -0.2) is 17.6 Å². The average molecular weight is 289 g/mol. The minimum Gasteiger partial charge on any atom is -0.481 e. The van der Waals surface area contributed by atoms with Crippen molar-refractivity contribution < 1.29 is 23.1 Å². The van der Waals surface area contributed by atoms with Crippen LogP contribution in [0.5, 0.6) is 0 Å². The number of benzene rings is 1. The zero-order chi connectivity index (χ0) is 15.3. The van der Waals surface area contributed by atoms with Crippen molar-refractivity contribution in [2.24, 2.45) is 11.7 Å². The molecule has 0 aliphatic heterocycles. The van der Waals surface area contributed by atoms with E-state index < -0.39 is 29.5 Å². The van der Waals surface area contributed by atoms with E-state index in [0.717, 1.165) is 6.07 Å². The van der Waals surface area contributed by atoms with Gasteiger partial charge in [0.25, 0.3) is 0 Å². The van der Waals surface area contributed by atoms with Crippen LogP contribution >= 0.6 is 0 Å². The SMILES string of the molecule is CCC(CC(CN)C(=O)O)c1ccccc1C(F)(F)F. The topological polar surface area (TPSA) is 63.3 Å². The molecule has 0 spiro atoms. The lowest BCUT2D eigenvalue weighted by atomic mass is 9.84. The van der Waals surface area contributed by atoms with Gasteiger partial charge in [0.2, 0.25) is 0 Å². The molecule has 0 saturated carbocycles. The van der Waals surface area contributed by atoms with E-state index in [1.165, 1.54) is 18.2 Å². The molecule has 0 amide bonds. The number of carbonyl (C=O) groups is 1. The molecule has 0 saturated heterocycles. The third-order valence-electron chi connectivity index (χ3n) is 3.40. The van der Waals surface area contributed by atoms with Gasteiger partial charge in [-0.1, -0.05) is 25.1 Å². The summed E-state index contributed by atoms with van der Waals surface area (Å²) in [5.41, 5.74) is 4.82. The summed E-state index contributed by atoms with van der Waals surface area (Å²) >= 11 is 0. The Morgan fingerprint density at radius 2 is 1.95 bits per heavy atom. The Morgan fingerprint density at radius 3 is 2.40 bits per heavy atom. The average Bonchev–Trinajstić information content (AvgIpc) is 2.38. The molecular formula is C14H18F3NO2. The standard InChI is InChI=1S/C14H18F3NO2/c1-2-9(7-10(8-18)13(19)20)11-5-3-4-6-12(11)14(15,16)17/h3-6,9-10H,2,7-8,18H2,1H3,(H,19,20). The highest BCUT2D eigenvalue weighted by atomic mass is 19.4. The summed E-state index contributed by atoms with van der Waals surface area (Å²) in [6, 6.07) is 5.30. The summed E-state index contributed by atoms with van der Waals surface area (Å²) in [5.74, 6) is -2.38. The van der Waals surface area contributed by atoms with Crippen LogP contribution < -0.4 is 5.73 Å². The lowest BCUT2D eigenvalue weighted by molar-refractivity contribution is -0.141.